The van der Waals surface area contributed by atoms with E-state index in [9.17, 15) is 19.2 Å². The highest BCUT2D eigenvalue weighted by atomic mass is 16.2. The number of aromatic amines is 1. The molecule has 2 amide bonds. The monoisotopic (exact) mass is 432 g/mol. The number of amides is 2. The standard InChI is InChI=1S/C22H20N6O4/c1-12(2)11-28-22(32)16-10-6-4-8-14(16)18(27-28)21(31)26-25-20(30)17-13-7-3-5-9-15(13)19(29)24-23-17/h3-10,12H,11H2,1-2H3,(H,24,29)(H,25,30)(H,26,31). The summed E-state index contributed by atoms with van der Waals surface area (Å²) >= 11 is 0. The van der Waals surface area contributed by atoms with Crippen molar-refractivity contribution >= 4 is 33.4 Å². The number of H-pyrrole nitrogens is 1. The molecule has 0 bridgehead atoms. The average molecular weight is 432 g/mol. The number of benzene rings is 2. The third kappa shape index (κ3) is 3.85. The second-order valence-corrected chi connectivity index (χ2v) is 7.63. The third-order valence-electron chi connectivity index (χ3n) is 4.82. The summed E-state index contributed by atoms with van der Waals surface area (Å²) in [5, 5.41) is 11.7. The molecule has 0 aliphatic heterocycles. The minimum atomic E-state index is -0.717. The van der Waals surface area contributed by atoms with Gasteiger partial charge in [-0.05, 0) is 18.1 Å². The van der Waals surface area contributed by atoms with E-state index in [1.807, 2.05) is 13.8 Å². The van der Waals surface area contributed by atoms with Crippen LogP contribution in [0.5, 0.6) is 0 Å². The molecule has 32 heavy (non-hydrogen) atoms. The lowest BCUT2D eigenvalue weighted by atomic mass is 10.1. The summed E-state index contributed by atoms with van der Waals surface area (Å²) in [5.41, 5.74) is 3.85. The van der Waals surface area contributed by atoms with Crippen molar-refractivity contribution in [2.24, 2.45) is 5.92 Å². The number of nitrogens with zero attached hydrogens (tertiary/aromatic N) is 3. The summed E-state index contributed by atoms with van der Waals surface area (Å²) in [7, 11) is 0. The maximum atomic E-state index is 12.9. The van der Waals surface area contributed by atoms with Crippen LogP contribution < -0.4 is 22.0 Å². The van der Waals surface area contributed by atoms with Gasteiger partial charge in [0.15, 0.2) is 11.4 Å². The Morgan fingerprint density at radius 1 is 0.875 bits per heavy atom. The SMILES string of the molecule is CC(C)Cn1nc(C(=O)NNC(=O)c2n[nH]c(=O)c3ccccc23)c2ccccc2c1=O. The molecule has 0 saturated carbocycles. The van der Waals surface area contributed by atoms with E-state index in [-0.39, 0.29) is 22.9 Å². The van der Waals surface area contributed by atoms with E-state index >= 15 is 0 Å². The van der Waals surface area contributed by atoms with Gasteiger partial charge in [0.05, 0.1) is 10.8 Å². The van der Waals surface area contributed by atoms with E-state index in [4.69, 9.17) is 0 Å². The number of fused-ring (bicyclic) bond motifs is 2. The maximum Gasteiger partial charge on any atom is 0.290 e. The number of carbonyl (C=O) groups excluding carboxylic acids is 2. The number of hydrazine groups is 1. The van der Waals surface area contributed by atoms with Gasteiger partial charge in [-0.1, -0.05) is 50.2 Å². The van der Waals surface area contributed by atoms with Gasteiger partial charge < -0.3 is 0 Å². The number of nitrogens with one attached hydrogen (secondary N) is 3. The van der Waals surface area contributed by atoms with Crippen molar-refractivity contribution < 1.29 is 9.59 Å². The second-order valence-electron chi connectivity index (χ2n) is 7.63. The molecule has 0 aliphatic rings. The molecule has 0 spiro atoms. The van der Waals surface area contributed by atoms with E-state index in [1.165, 1.54) is 4.68 Å². The number of rotatable bonds is 4. The summed E-state index contributed by atoms with van der Waals surface area (Å²) in [6.45, 7) is 4.21. The molecule has 3 N–H and O–H groups in total. The fraction of sp³-hybridized carbons (Fsp3) is 0.182. The zero-order chi connectivity index (χ0) is 22.8. The van der Waals surface area contributed by atoms with Crippen LogP contribution in [0.2, 0.25) is 0 Å². The molecule has 0 unspecified atom stereocenters. The normalized spacial score (nSPS) is 11.1. The Hall–Kier alpha value is -4.34. The Balaban J connectivity index is 1.65. The van der Waals surface area contributed by atoms with Crippen LogP contribution in [0.25, 0.3) is 21.5 Å². The van der Waals surface area contributed by atoms with Crippen molar-refractivity contribution in [2.45, 2.75) is 20.4 Å². The topological polar surface area (TPSA) is 139 Å². The molecule has 2 aromatic heterocycles. The molecule has 4 rings (SSSR count). The molecule has 10 nitrogen and oxygen atoms in total. The van der Waals surface area contributed by atoms with Gasteiger partial charge in [-0.15, -0.1) is 0 Å². The first kappa shape index (κ1) is 20.9. The highest BCUT2D eigenvalue weighted by Crippen LogP contribution is 2.14. The molecule has 162 valence electrons. The van der Waals surface area contributed by atoms with Crippen molar-refractivity contribution in [3.05, 3.63) is 80.6 Å². The predicted molar refractivity (Wildman–Crippen MR) is 118 cm³/mol. The summed E-state index contributed by atoms with van der Waals surface area (Å²) in [5.74, 6) is -1.28. The second kappa shape index (κ2) is 8.42. The van der Waals surface area contributed by atoms with Gasteiger partial charge in [0, 0.05) is 17.3 Å². The molecule has 2 aromatic carbocycles. The van der Waals surface area contributed by atoms with Crippen molar-refractivity contribution in [2.75, 3.05) is 0 Å². The Morgan fingerprint density at radius 2 is 1.41 bits per heavy atom. The van der Waals surface area contributed by atoms with Crippen molar-refractivity contribution in [3.63, 3.8) is 0 Å². The summed E-state index contributed by atoms with van der Waals surface area (Å²) < 4.78 is 1.25. The minimum absolute atomic E-state index is 0.000404. The van der Waals surface area contributed by atoms with Crippen molar-refractivity contribution in [1.82, 2.24) is 30.8 Å². The lowest BCUT2D eigenvalue weighted by Gasteiger charge is -2.13. The molecule has 4 aromatic rings. The Morgan fingerprint density at radius 3 is 2.03 bits per heavy atom. The van der Waals surface area contributed by atoms with Crippen LogP contribution in [-0.2, 0) is 6.54 Å². The van der Waals surface area contributed by atoms with Crippen LogP contribution in [0, 0.1) is 5.92 Å². The van der Waals surface area contributed by atoms with Gasteiger partial charge in [-0.25, -0.2) is 9.78 Å². The summed E-state index contributed by atoms with van der Waals surface area (Å²) in [4.78, 5) is 50.1. The molecule has 0 atom stereocenters. The average Bonchev–Trinajstić information content (AvgIpc) is 2.79. The van der Waals surface area contributed by atoms with Crippen molar-refractivity contribution in [3.8, 4) is 0 Å². The van der Waals surface area contributed by atoms with Gasteiger partial charge in [-0.3, -0.25) is 30.0 Å². The van der Waals surface area contributed by atoms with E-state index in [2.05, 4.69) is 26.1 Å². The van der Waals surface area contributed by atoms with Gasteiger partial charge >= 0.3 is 0 Å². The Labute approximate surface area is 181 Å². The summed E-state index contributed by atoms with van der Waals surface area (Å²) in [6.07, 6.45) is 0. The molecule has 0 aliphatic carbocycles. The molecule has 10 heteroatoms. The van der Waals surface area contributed by atoms with Crippen LogP contribution in [0.4, 0.5) is 0 Å². The van der Waals surface area contributed by atoms with E-state index in [1.54, 1.807) is 48.5 Å². The highest BCUT2D eigenvalue weighted by Gasteiger charge is 2.19. The van der Waals surface area contributed by atoms with Gasteiger partial charge in [0.25, 0.3) is 22.9 Å². The lowest BCUT2D eigenvalue weighted by molar-refractivity contribution is 0.0841. The number of hydrogen-bond donors (Lipinski definition) is 3. The third-order valence-corrected chi connectivity index (χ3v) is 4.82. The fourth-order valence-electron chi connectivity index (χ4n) is 3.39. The molecular weight excluding hydrogens is 412 g/mol. The fourth-order valence-corrected chi connectivity index (χ4v) is 3.39. The van der Waals surface area contributed by atoms with E-state index in [0.717, 1.165) is 0 Å². The quantitative estimate of drug-likeness (QED) is 0.416. The smallest absolute Gasteiger partial charge is 0.267 e. The van der Waals surface area contributed by atoms with Gasteiger partial charge in [-0.2, -0.15) is 10.2 Å². The minimum Gasteiger partial charge on any atom is -0.267 e. The summed E-state index contributed by atoms with van der Waals surface area (Å²) in [6, 6.07) is 13.2. The van der Waals surface area contributed by atoms with E-state index in [0.29, 0.717) is 28.1 Å². The van der Waals surface area contributed by atoms with Gasteiger partial charge in [0.1, 0.15) is 0 Å². The molecule has 0 radical (unpaired) electrons. The molecule has 0 fully saturated rings. The number of aromatic nitrogens is 4. The van der Waals surface area contributed by atoms with Crippen LogP contribution >= 0.6 is 0 Å². The molecule has 0 saturated heterocycles. The van der Waals surface area contributed by atoms with E-state index < -0.39 is 17.4 Å². The molecular formula is C22H20N6O4. The van der Waals surface area contributed by atoms with Crippen molar-refractivity contribution in [1.29, 1.82) is 0 Å². The zero-order valence-corrected chi connectivity index (χ0v) is 17.4. The van der Waals surface area contributed by atoms with Crippen LogP contribution in [0.3, 0.4) is 0 Å². The first-order valence-electron chi connectivity index (χ1n) is 9.94. The molecule has 2 heterocycles. The first-order valence-corrected chi connectivity index (χ1v) is 9.94. The highest BCUT2D eigenvalue weighted by molar-refractivity contribution is 6.08. The predicted octanol–water partition coefficient (Wildman–Crippen LogP) is 1.36. The Bertz CT molecular complexity index is 1470. The van der Waals surface area contributed by atoms with Crippen LogP contribution in [-0.4, -0.2) is 31.8 Å². The Kier molecular flexibility index (Phi) is 5.50. The van der Waals surface area contributed by atoms with Crippen LogP contribution in [0.15, 0.2) is 58.1 Å². The zero-order valence-electron chi connectivity index (χ0n) is 17.4. The van der Waals surface area contributed by atoms with Crippen LogP contribution in [0.1, 0.15) is 34.8 Å². The largest absolute Gasteiger partial charge is 0.290 e. The number of hydrogen-bond acceptors (Lipinski definition) is 6. The lowest BCUT2D eigenvalue weighted by Crippen LogP contribution is -2.43. The number of carbonyl (C=O) groups is 2. The first-order chi connectivity index (χ1) is 15.4. The van der Waals surface area contributed by atoms with Gasteiger partial charge in [0.2, 0.25) is 0 Å². The maximum absolute atomic E-state index is 12.9.